The van der Waals surface area contributed by atoms with Crippen molar-refractivity contribution in [3.8, 4) is 0 Å². The number of rotatable bonds is 9. The van der Waals surface area contributed by atoms with E-state index >= 15 is 0 Å². The van der Waals surface area contributed by atoms with Crippen molar-refractivity contribution in [2.45, 2.75) is 51.7 Å². The fourth-order valence-electron chi connectivity index (χ4n) is 2.74. The van der Waals surface area contributed by atoms with Crippen LogP contribution in [0.2, 0.25) is 0 Å². The average molecular weight is 394 g/mol. The predicted molar refractivity (Wildman–Crippen MR) is 90.6 cm³/mol. The first-order valence-electron chi connectivity index (χ1n) is 8.54. The Balaban J connectivity index is 2.24. The van der Waals surface area contributed by atoms with Gasteiger partial charge in [-0.1, -0.05) is 0 Å². The number of aliphatic hydroxyl groups is 1. The van der Waals surface area contributed by atoms with Gasteiger partial charge in [0.1, 0.15) is 6.23 Å². The molecule has 0 amide bonds. The Labute approximate surface area is 149 Å². The molecule has 1 N–H and O–H groups in total. The number of hydrogen-bond acceptors (Lipinski definition) is 7. The minimum absolute atomic E-state index is 0.0556. The molecule has 0 bridgehead atoms. The molecule has 1 saturated heterocycles. The summed E-state index contributed by atoms with van der Waals surface area (Å²) in [5, 5.41) is 10.2. The smallest absolute Gasteiger partial charge is 0.358 e. The van der Waals surface area contributed by atoms with E-state index in [1.54, 1.807) is 13.8 Å². The fourth-order valence-corrected chi connectivity index (χ4v) is 4.31. The number of aliphatic hydroxyl groups excluding tert-OH is 1. The summed E-state index contributed by atoms with van der Waals surface area (Å²) in [5.41, 5.74) is -1.86. The predicted octanol–water partition coefficient (Wildman–Crippen LogP) is 1.43. The molecule has 11 heteroatoms. The maximum absolute atomic E-state index is 14.0. The van der Waals surface area contributed by atoms with Crippen LogP contribution in [-0.2, 0) is 24.9 Å². The molecular formula is C15H24FN2O7P. The van der Waals surface area contributed by atoms with Gasteiger partial charge >= 0.3 is 13.3 Å². The van der Waals surface area contributed by atoms with Crippen molar-refractivity contribution < 1.29 is 27.8 Å². The van der Waals surface area contributed by atoms with Crippen molar-refractivity contribution >= 4 is 7.60 Å². The zero-order valence-electron chi connectivity index (χ0n) is 14.8. The van der Waals surface area contributed by atoms with Gasteiger partial charge in [-0.05, 0) is 26.7 Å². The summed E-state index contributed by atoms with van der Waals surface area (Å²) in [7, 11) is -3.81. The van der Waals surface area contributed by atoms with Crippen LogP contribution >= 0.6 is 7.60 Å². The van der Waals surface area contributed by atoms with Crippen LogP contribution in [0.4, 0.5) is 4.39 Å². The SMILES string of the molecule is CCOP(=O)(OCC)[C@@H](O)CCn1c(=O)c(F)cn([C@@H]2CCCO2)c1=O. The molecule has 1 fully saturated rings. The quantitative estimate of drug-likeness (QED) is 0.631. The fraction of sp³-hybridized carbons (Fsp3) is 0.733. The van der Waals surface area contributed by atoms with E-state index in [9.17, 15) is 23.7 Å². The number of aromatic nitrogens is 2. The van der Waals surface area contributed by atoms with Crippen molar-refractivity contribution in [1.82, 2.24) is 9.13 Å². The van der Waals surface area contributed by atoms with E-state index in [1.807, 2.05) is 0 Å². The van der Waals surface area contributed by atoms with Crippen LogP contribution in [0.15, 0.2) is 15.8 Å². The van der Waals surface area contributed by atoms with Gasteiger partial charge in [0.25, 0.3) is 5.56 Å². The van der Waals surface area contributed by atoms with Crippen molar-refractivity contribution in [3.63, 3.8) is 0 Å². The summed E-state index contributed by atoms with van der Waals surface area (Å²) in [6.07, 6.45) is 1.18. The van der Waals surface area contributed by atoms with Crippen LogP contribution < -0.4 is 11.2 Å². The first-order valence-corrected chi connectivity index (χ1v) is 10.1. The second-order valence-corrected chi connectivity index (χ2v) is 7.93. The molecule has 1 aliphatic heterocycles. The van der Waals surface area contributed by atoms with Crippen LogP contribution in [-0.4, -0.2) is 39.9 Å². The van der Waals surface area contributed by atoms with Crippen molar-refractivity contribution in [3.05, 3.63) is 32.9 Å². The van der Waals surface area contributed by atoms with Gasteiger partial charge in [-0.2, -0.15) is 4.39 Å². The Hall–Kier alpha value is -1.32. The largest absolute Gasteiger partial charge is 0.380 e. The summed E-state index contributed by atoms with van der Waals surface area (Å²) in [6, 6.07) is 0. The van der Waals surface area contributed by atoms with Gasteiger partial charge in [-0.3, -0.25) is 18.5 Å². The molecule has 0 saturated carbocycles. The topological polar surface area (TPSA) is 109 Å². The molecule has 9 nitrogen and oxygen atoms in total. The number of hydrogen-bond donors (Lipinski definition) is 1. The van der Waals surface area contributed by atoms with Gasteiger partial charge < -0.3 is 18.9 Å². The first kappa shape index (κ1) is 21.0. The minimum atomic E-state index is -3.81. The summed E-state index contributed by atoms with van der Waals surface area (Å²) in [4.78, 5) is 24.5. The lowest BCUT2D eigenvalue weighted by molar-refractivity contribution is 0.0500. The standard InChI is InChI=1S/C15H24FN2O7P/c1-3-24-26(22,25-4-2)13(19)7-8-17-14(20)11(16)10-18(15(17)21)12-6-5-9-23-12/h10,12-13,19H,3-9H2,1-2H3/t12-,13+/m0/s1. The lowest BCUT2D eigenvalue weighted by Gasteiger charge is -2.22. The van der Waals surface area contributed by atoms with E-state index in [-0.39, 0.29) is 26.2 Å². The third kappa shape index (κ3) is 4.50. The molecule has 0 radical (unpaired) electrons. The normalized spacial score (nSPS) is 19.0. The zero-order chi connectivity index (χ0) is 19.3. The number of halogens is 1. The highest BCUT2D eigenvalue weighted by atomic mass is 31.2. The first-order chi connectivity index (χ1) is 12.3. The monoisotopic (exact) mass is 394 g/mol. The molecule has 26 heavy (non-hydrogen) atoms. The molecule has 0 aromatic carbocycles. The molecule has 0 spiro atoms. The van der Waals surface area contributed by atoms with Gasteiger partial charge in [-0.15, -0.1) is 0 Å². The molecular weight excluding hydrogens is 370 g/mol. The average Bonchev–Trinajstić information content (AvgIpc) is 3.12. The van der Waals surface area contributed by atoms with Crippen LogP contribution in [0.5, 0.6) is 0 Å². The second-order valence-electron chi connectivity index (χ2n) is 5.74. The highest BCUT2D eigenvalue weighted by molar-refractivity contribution is 7.54. The highest BCUT2D eigenvalue weighted by Gasteiger charge is 2.34. The third-order valence-electron chi connectivity index (χ3n) is 3.96. The van der Waals surface area contributed by atoms with E-state index in [0.717, 1.165) is 17.2 Å². The van der Waals surface area contributed by atoms with Gasteiger partial charge in [0, 0.05) is 19.6 Å². The summed E-state index contributed by atoms with van der Waals surface area (Å²) < 4.78 is 43.5. The molecule has 2 rings (SSSR count). The Bertz CT molecular complexity index is 762. The van der Waals surface area contributed by atoms with E-state index < -0.39 is 36.7 Å². The minimum Gasteiger partial charge on any atom is -0.380 e. The third-order valence-corrected chi connectivity index (χ3v) is 6.19. The molecule has 0 aliphatic carbocycles. The van der Waals surface area contributed by atoms with E-state index in [2.05, 4.69) is 0 Å². The van der Waals surface area contributed by atoms with E-state index in [1.165, 1.54) is 0 Å². The molecule has 148 valence electrons. The van der Waals surface area contributed by atoms with Gasteiger partial charge in [0.05, 0.1) is 19.4 Å². The van der Waals surface area contributed by atoms with Crippen LogP contribution in [0, 0.1) is 5.82 Å². The van der Waals surface area contributed by atoms with Crippen molar-refractivity contribution in [2.75, 3.05) is 19.8 Å². The lowest BCUT2D eigenvalue weighted by atomic mass is 10.3. The van der Waals surface area contributed by atoms with Crippen molar-refractivity contribution in [1.29, 1.82) is 0 Å². The maximum Gasteiger partial charge on any atom is 0.358 e. The molecule has 1 aromatic rings. The van der Waals surface area contributed by atoms with Gasteiger partial charge in [0.15, 0.2) is 5.85 Å². The Kier molecular flexibility index (Phi) is 7.31. The Morgan fingerprint density at radius 2 is 2.04 bits per heavy atom. The second kappa shape index (κ2) is 9.05. The Morgan fingerprint density at radius 3 is 2.58 bits per heavy atom. The number of ether oxygens (including phenoxy) is 1. The van der Waals surface area contributed by atoms with Crippen molar-refractivity contribution in [2.24, 2.45) is 0 Å². The van der Waals surface area contributed by atoms with Crippen LogP contribution in [0.3, 0.4) is 0 Å². The Morgan fingerprint density at radius 1 is 1.38 bits per heavy atom. The molecule has 0 unspecified atom stereocenters. The van der Waals surface area contributed by atoms with E-state index in [0.29, 0.717) is 17.6 Å². The number of nitrogens with zero attached hydrogens (tertiary/aromatic N) is 2. The lowest BCUT2D eigenvalue weighted by Crippen LogP contribution is -2.43. The highest BCUT2D eigenvalue weighted by Crippen LogP contribution is 2.53. The maximum atomic E-state index is 14.0. The summed E-state index contributed by atoms with van der Waals surface area (Å²) >= 11 is 0. The summed E-state index contributed by atoms with van der Waals surface area (Å²) in [6.45, 7) is 3.40. The van der Waals surface area contributed by atoms with Gasteiger partial charge in [-0.25, -0.2) is 4.79 Å². The molecule has 1 aliphatic rings. The molecule has 2 atom stereocenters. The molecule has 2 heterocycles. The zero-order valence-corrected chi connectivity index (χ0v) is 15.7. The van der Waals surface area contributed by atoms with E-state index in [4.69, 9.17) is 13.8 Å². The summed E-state index contributed by atoms with van der Waals surface area (Å²) in [5.74, 6) is -2.65. The van der Waals surface area contributed by atoms with Gasteiger partial charge in [0.2, 0.25) is 5.82 Å². The van der Waals surface area contributed by atoms with Crippen LogP contribution in [0.1, 0.15) is 39.3 Å². The molecule has 1 aromatic heterocycles. The van der Waals surface area contributed by atoms with Crippen LogP contribution in [0.25, 0.3) is 0 Å².